The van der Waals surface area contributed by atoms with Crippen LogP contribution in [0.2, 0.25) is 0 Å². The van der Waals surface area contributed by atoms with Crippen LogP contribution in [0, 0.1) is 12.8 Å². The molecule has 1 aromatic carbocycles. The van der Waals surface area contributed by atoms with Crippen LogP contribution in [0.4, 0.5) is 0 Å². The number of likely N-dealkylation sites (tertiary alicyclic amines) is 1. The second-order valence-electron chi connectivity index (χ2n) is 6.55. The minimum absolute atomic E-state index is 0. The zero-order valence-corrected chi connectivity index (χ0v) is 15.2. The highest BCUT2D eigenvalue weighted by Gasteiger charge is 2.21. The lowest BCUT2D eigenvalue weighted by atomic mass is 9.97. The van der Waals surface area contributed by atoms with Crippen LogP contribution in [0.25, 0.3) is 11.4 Å². The number of hydrogen-bond donors (Lipinski definition) is 1. The smallest absolute Gasteiger partial charge is 0.303 e. The predicted octanol–water partition coefficient (Wildman–Crippen LogP) is 3.54. The summed E-state index contributed by atoms with van der Waals surface area (Å²) in [6.45, 7) is 4.48. The van der Waals surface area contributed by atoms with Gasteiger partial charge in [0.2, 0.25) is 11.7 Å². The Morgan fingerprint density at radius 2 is 2.20 bits per heavy atom. The number of carboxylic acid groups (broad SMARTS) is 1. The number of benzene rings is 1. The van der Waals surface area contributed by atoms with E-state index in [1.54, 1.807) is 0 Å². The summed E-state index contributed by atoms with van der Waals surface area (Å²) in [4.78, 5) is 17.6. The topological polar surface area (TPSA) is 79.5 Å². The van der Waals surface area contributed by atoms with Crippen LogP contribution in [0.15, 0.2) is 28.8 Å². The molecule has 1 aliphatic heterocycles. The second kappa shape index (κ2) is 8.97. The van der Waals surface area contributed by atoms with Crippen LogP contribution in [0.5, 0.6) is 0 Å². The molecule has 0 bridgehead atoms. The molecule has 1 fully saturated rings. The third-order valence-corrected chi connectivity index (χ3v) is 4.51. The van der Waals surface area contributed by atoms with Crippen LogP contribution < -0.4 is 0 Å². The van der Waals surface area contributed by atoms with Crippen molar-refractivity contribution in [2.45, 2.75) is 39.2 Å². The summed E-state index contributed by atoms with van der Waals surface area (Å²) in [5.41, 5.74) is 2.12. The summed E-state index contributed by atoms with van der Waals surface area (Å²) in [6.07, 6.45) is 3.16. The van der Waals surface area contributed by atoms with Gasteiger partial charge in [-0.05, 0) is 51.3 Å². The SMILES string of the molecule is Cc1cccc(-c2noc(CN3CCCC(CC(=O)O)CC3)n2)c1.Cl. The fourth-order valence-corrected chi connectivity index (χ4v) is 3.25. The molecular weight excluding hydrogens is 342 g/mol. The fraction of sp³-hybridized carbons (Fsp3) is 0.500. The van der Waals surface area contributed by atoms with Crippen molar-refractivity contribution in [1.29, 1.82) is 0 Å². The fourth-order valence-electron chi connectivity index (χ4n) is 3.25. The van der Waals surface area contributed by atoms with Crippen molar-refractivity contribution in [3.05, 3.63) is 35.7 Å². The van der Waals surface area contributed by atoms with Crippen LogP contribution >= 0.6 is 12.4 Å². The van der Waals surface area contributed by atoms with Crippen molar-refractivity contribution in [2.75, 3.05) is 13.1 Å². The maximum absolute atomic E-state index is 10.9. The maximum atomic E-state index is 10.9. The van der Waals surface area contributed by atoms with Crippen LogP contribution in [0.1, 0.15) is 37.1 Å². The van der Waals surface area contributed by atoms with Gasteiger partial charge >= 0.3 is 5.97 Å². The monoisotopic (exact) mass is 365 g/mol. The molecule has 0 aliphatic carbocycles. The van der Waals surface area contributed by atoms with Gasteiger partial charge < -0.3 is 9.63 Å². The molecule has 7 heteroatoms. The minimum atomic E-state index is -0.701. The number of carbonyl (C=O) groups is 1. The molecule has 0 radical (unpaired) electrons. The van der Waals surface area contributed by atoms with Crippen LogP contribution in [-0.4, -0.2) is 39.2 Å². The minimum Gasteiger partial charge on any atom is -0.481 e. The van der Waals surface area contributed by atoms with E-state index in [1.165, 1.54) is 0 Å². The predicted molar refractivity (Wildman–Crippen MR) is 96.6 cm³/mol. The van der Waals surface area contributed by atoms with Crippen molar-refractivity contribution in [1.82, 2.24) is 15.0 Å². The zero-order valence-electron chi connectivity index (χ0n) is 14.4. The highest BCUT2D eigenvalue weighted by molar-refractivity contribution is 5.85. The lowest BCUT2D eigenvalue weighted by molar-refractivity contribution is -0.138. The molecule has 1 unspecified atom stereocenters. The normalized spacial score (nSPS) is 18.4. The third kappa shape index (κ3) is 5.54. The Bertz CT molecular complexity index is 704. The van der Waals surface area contributed by atoms with E-state index in [0.29, 0.717) is 18.3 Å². The second-order valence-corrected chi connectivity index (χ2v) is 6.55. The molecule has 1 N–H and O–H groups in total. The van der Waals surface area contributed by atoms with Gasteiger partial charge in [0.15, 0.2) is 0 Å². The summed E-state index contributed by atoms with van der Waals surface area (Å²) in [5, 5.41) is 13.0. The van der Waals surface area contributed by atoms with E-state index in [9.17, 15) is 4.79 Å². The molecule has 1 aliphatic rings. The number of aliphatic carboxylic acids is 1. The Morgan fingerprint density at radius 1 is 1.36 bits per heavy atom. The third-order valence-electron chi connectivity index (χ3n) is 4.51. The number of rotatable bonds is 5. The van der Waals surface area contributed by atoms with E-state index >= 15 is 0 Å². The van der Waals surface area contributed by atoms with Gasteiger partial charge in [-0.2, -0.15) is 4.98 Å². The van der Waals surface area contributed by atoms with Crippen LogP contribution in [0.3, 0.4) is 0 Å². The summed E-state index contributed by atoms with van der Waals surface area (Å²) in [6, 6.07) is 8.04. The van der Waals surface area contributed by atoms with Crippen molar-refractivity contribution in [3.8, 4) is 11.4 Å². The Morgan fingerprint density at radius 3 is 2.96 bits per heavy atom. The molecule has 2 aromatic rings. The molecule has 0 saturated carbocycles. The quantitative estimate of drug-likeness (QED) is 0.872. The first-order valence-corrected chi connectivity index (χ1v) is 8.44. The number of carboxylic acids is 1. The zero-order chi connectivity index (χ0) is 16.9. The molecule has 1 aromatic heterocycles. The number of aryl methyl sites for hydroxylation is 1. The molecule has 136 valence electrons. The van der Waals surface area contributed by atoms with Gasteiger partial charge in [-0.15, -0.1) is 12.4 Å². The molecule has 3 rings (SSSR count). The van der Waals surface area contributed by atoms with Gasteiger partial charge in [-0.1, -0.05) is 28.9 Å². The largest absolute Gasteiger partial charge is 0.481 e. The molecule has 1 saturated heterocycles. The molecule has 1 atom stereocenters. The van der Waals surface area contributed by atoms with Crippen molar-refractivity contribution in [3.63, 3.8) is 0 Å². The lowest BCUT2D eigenvalue weighted by Gasteiger charge is -2.17. The molecule has 0 spiro atoms. The lowest BCUT2D eigenvalue weighted by Crippen LogP contribution is -2.24. The van der Waals surface area contributed by atoms with E-state index in [-0.39, 0.29) is 24.7 Å². The molecule has 25 heavy (non-hydrogen) atoms. The van der Waals surface area contributed by atoms with E-state index < -0.39 is 5.97 Å². The average Bonchev–Trinajstić information content (AvgIpc) is 2.89. The average molecular weight is 366 g/mol. The van der Waals surface area contributed by atoms with E-state index in [4.69, 9.17) is 9.63 Å². The van der Waals surface area contributed by atoms with Gasteiger partial charge in [-0.25, -0.2) is 0 Å². The van der Waals surface area contributed by atoms with E-state index in [1.807, 2.05) is 31.2 Å². The highest BCUT2D eigenvalue weighted by Crippen LogP contribution is 2.22. The number of hydrogen-bond acceptors (Lipinski definition) is 5. The molecule has 0 amide bonds. The van der Waals surface area contributed by atoms with Gasteiger partial charge in [0, 0.05) is 12.0 Å². The van der Waals surface area contributed by atoms with E-state index in [2.05, 4.69) is 15.0 Å². The van der Waals surface area contributed by atoms with Gasteiger partial charge in [0.25, 0.3) is 0 Å². The standard InChI is InChI=1S/C18H23N3O3.ClH/c1-13-4-2-6-15(10-13)18-19-16(24-20-18)12-21-8-3-5-14(7-9-21)11-17(22)23;/h2,4,6,10,14H,3,5,7-9,11-12H2,1H3,(H,22,23);1H. The number of halogens is 1. The first-order valence-electron chi connectivity index (χ1n) is 8.44. The summed E-state index contributed by atoms with van der Waals surface area (Å²) < 4.78 is 5.40. The maximum Gasteiger partial charge on any atom is 0.303 e. The van der Waals surface area contributed by atoms with Gasteiger partial charge in [0.1, 0.15) is 0 Å². The Balaban J connectivity index is 0.00000225. The molecule has 2 heterocycles. The van der Waals surface area contributed by atoms with Crippen LogP contribution in [-0.2, 0) is 11.3 Å². The summed E-state index contributed by atoms with van der Waals surface area (Å²) in [5.74, 6) is 0.807. The van der Waals surface area contributed by atoms with Crippen molar-refractivity contribution in [2.24, 2.45) is 5.92 Å². The molecular formula is C18H24ClN3O3. The van der Waals surface area contributed by atoms with Crippen molar-refractivity contribution < 1.29 is 14.4 Å². The van der Waals surface area contributed by atoms with Crippen molar-refractivity contribution >= 4 is 18.4 Å². The first kappa shape index (κ1) is 19.4. The van der Waals surface area contributed by atoms with Gasteiger partial charge in [-0.3, -0.25) is 9.69 Å². The summed E-state index contributed by atoms with van der Waals surface area (Å²) >= 11 is 0. The highest BCUT2D eigenvalue weighted by atomic mass is 35.5. The van der Waals surface area contributed by atoms with E-state index in [0.717, 1.165) is 43.5 Å². The summed E-state index contributed by atoms with van der Waals surface area (Å²) in [7, 11) is 0. The Labute approximate surface area is 153 Å². The van der Waals surface area contributed by atoms with Gasteiger partial charge in [0.05, 0.1) is 6.54 Å². The Kier molecular flexibility index (Phi) is 6.96. The molecule has 6 nitrogen and oxygen atoms in total. The number of aromatic nitrogens is 2. The number of nitrogens with zero attached hydrogens (tertiary/aromatic N) is 3. The first-order chi connectivity index (χ1) is 11.6. The Hall–Kier alpha value is -1.92.